The Bertz CT molecular complexity index is 560. The van der Waals surface area contributed by atoms with Gasteiger partial charge in [0.25, 0.3) is 0 Å². The maximum atomic E-state index is 12.0. The normalized spacial score (nSPS) is 19.3. The van der Waals surface area contributed by atoms with E-state index in [0.717, 1.165) is 45.0 Å². The van der Waals surface area contributed by atoms with Crippen LogP contribution < -0.4 is 15.5 Å². The molecule has 1 aromatic rings. The Morgan fingerprint density at radius 1 is 1.28 bits per heavy atom. The van der Waals surface area contributed by atoms with Gasteiger partial charge in [0.05, 0.1) is 5.00 Å². The van der Waals surface area contributed by atoms with Gasteiger partial charge in [-0.3, -0.25) is 9.79 Å². The number of hydrogen-bond donors (Lipinski definition) is 2. The van der Waals surface area contributed by atoms with Gasteiger partial charge in [-0.25, -0.2) is 0 Å². The van der Waals surface area contributed by atoms with E-state index in [1.165, 1.54) is 17.8 Å². The second-order valence-corrected chi connectivity index (χ2v) is 7.62. The largest absolute Gasteiger partial charge is 0.360 e. The fourth-order valence-corrected chi connectivity index (χ4v) is 4.36. The van der Waals surface area contributed by atoms with Gasteiger partial charge < -0.3 is 20.4 Å². The SMILES string of the molecule is CN=C(NCCC(=O)NC1CCCC1)N1CCN(c2cccs2)CC1. The molecule has 2 aliphatic rings. The fraction of sp³-hybridized carbons (Fsp3) is 0.667. The second kappa shape index (κ2) is 9.08. The Morgan fingerprint density at radius 2 is 2.04 bits per heavy atom. The van der Waals surface area contributed by atoms with Crippen LogP contribution in [0.4, 0.5) is 5.00 Å². The minimum atomic E-state index is 0.150. The Hall–Kier alpha value is -1.76. The lowest BCUT2D eigenvalue weighted by Gasteiger charge is -2.37. The molecule has 3 rings (SSSR count). The van der Waals surface area contributed by atoms with E-state index in [-0.39, 0.29) is 5.91 Å². The topological polar surface area (TPSA) is 60.0 Å². The molecule has 0 unspecified atom stereocenters. The number of amides is 1. The van der Waals surface area contributed by atoms with E-state index in [4.69, 9.17) is 0 Å². The highest BCUT2D eigenvalue weighted by atomic mass is 32.1. The predicted molar refractivity (Wildman–Crippen MR) is 104 cm³/mol. The first-order valence-corrected chi connectivity index (χ1v) is 10.2. The highest BCUT2D eigenvalue weighted by Crippen LogP contribution is 2.22. The molecule has 6 nitrogen and oxygen atoms in total. The molecule has 1 aliphatic carbocycles. The summed E-state index contributed by atoms with van der Waals surface area (Å²) in [7, 11) is 1.81. The number of carbonyl (C=O) groups is 1. The first-order valence-electron chi connectivity index (χ1n) is 9.29. The van der Waals surface area contributed by atoms with Crippen molar-refractivity contribution in [3.8, 4) is 0 Å². The van der Waals surface area contributed by atoms with E-state index >= 15 is 0 Å². The van der Waals surface area contributed by atoms with Crippen molar-refractivity contribution >= 4 is 28.2 Å². The van der Waals surface area contributed by atoms with Crippen molar-refractivity contribution < 1.29 is 4.79 Å². The minimum absolute atomic E-state index is 0.150. The fourth-order valence-electron chi connectivity index (χ4n) is 3.58. The Labute approximate surface area is 154 Å². The summed E-state index contributed by atoms with van der Waals surface area (Å²) in [6.07, 6.45) is 5.26. The van der Waals surface area contributed by atoms with Crippen LogP contribution in [0.25, 0.3) is 0 Å². The molecule has 1 amide bonds. The van der Waals surface area contributed by atoms with Crippen molar-refractivity contribution in [3.63, 3.8) is 0 Å². The van der Waals surface area contributed by atoms with Crippen molar-refractivity contribution in [2.24, 2.45) is 4.99 Å². The number of rotatable bonds is 5. The van der Waals surface area contributed by atoms with Crippen LogP contribution in [-0.4, -0.2) is 62.6 Å². The highest BCUT2D eigenvalue weighted by Gasteiger charge is 2.21. The van der Waals surface area contributed by atoms with Gasteiger partial charge in [0, 0.05) is 52.2 Å². The van der Waals surface area contributed by atoms with Gasteiger partial charge in [0.1, 0.15) is 0 Å². The highest BCUT2D eigenvalue weighted by molar-refractivity contribution is 7.14. The quantitative estimate of drug-likeness (QED) is 0.620. The molecule has 138 valence electrons. The monoisotopic (exact) mass is 363 g/mol. The lowest BCUT2D eigenvalue weighted by molar-refractivity contribution is -0.121. The van der Waals surface area contributed by atoms with E-state index in [2.05, 4.69) is 42.9 Å². The van der Waals surface area contributed by atoms with Crippen LogP contribution in [0.2, 0.25) is 0 Å². The van der Waals surface area contributed by atoms with E-state index in [1.807, 2.05) is 7.05 Å². The Balaban J connectivity index is 1.37. The Morgan fingerprint density at radius 3 is 2.68 bits per heavy atom. The second-order valence-electron chi connectivity index (χ2n) is 6.70. The molecule has 0 radical (unpaired) electrons. The molecule has 1 saturated heterocycles. The van der Waals surface area contributed by atoms with E-state index < -0.39 is 0 Å². The van der Waals surface area contributed by atoms with Gasteiger partial charge in [0.2, 0.25) is 5.91 Å². The molecule has 0 bridgehead atoms. The van der Waals surface area contributed by atoms with Crippen LogP contribution in [0, 0.1) is 0 Å². The molecule has 0 atom stereocenters. The standard InChI is InChI=1S/C18H29N5OS/c1-19-18(20-9-8-16(24)21-15-5-2-3-6-15)23-12-10-22(11-13-23)17-7-4-14-25-17/h4,7,14-15H,2-3,5-6,8-13H2,1H3,(H,19,20)(H,21,24). The van der Waals surface area contributed by atoms with Crippen LogP contribution >= 0.6 is 11.3 Å². The summed E-state index contributed by atoms with van der Waals surface area (Å²) in [5.41, 5.74) is 0. The smallest absolute Gasteiger partial charge is 0.221 e. The molecule has 2 fully saturated rings. The third-order valence-electron chi connectivity index (χ3n) is 4.96. The number of hydrogen-bond acceptors (Lipinski definition) is 4. The molecule has 7 heteroatoms. The molecule has 2 heterocycles. The number of nitrogens with one attached hydrogen (secondary N) is 2. The molecule has 0 aromatic carbocycles. The first-order chi connectivity index (χ1) is 12.3. The van der Waals surface area contributed by atoms with Crippen molar-refractivity contribution in [3.05, 3.63) is 17.5 Å². The van der Waals surface area contributed by atoms with Gasteiger partial charge in [-0.05, 0) is 30.4 Å². The van der Waals surface area contributed by atoms with Crippen molar-refractivity contribution in [1.82, 2.24) is 15.5 Å². The lowest BCUT2D eigenvalue weighted by atomic mass is 10.2. The summed E-state index contributed by atoms with van der Waals surface area (Å²) in [5.74, 6) is 1.05. The number of carbonyl (C=O) groups excluding carboxylic acids is 1. The molecular formula is C18H29N5OS. The number of nitrogens with zero attached hydrogens (tertiary/aromatic N) is 3. The zero-order valence-corrected chi connectivity index (χ0v) is 15.9. The van der Waals surface area contributed by atoms with Gasteiger partial charge in [0.15, 0.2) is 5.96 Å². The molecule has 25 heavy (non-hydrogen) atoms. The number of aliphatic imine (C=N–C) groups is 1. The predicted octanol–water partition coefficient (Wildman–Crippen LogP) is 1.89. The molecule has 1 saturated carbocycles. The van der Waals surface area contributed by atoms with Crippen molar-refractivity contribution in [1.29, 1.82) is 0 Å². The number of thiophene rings is 1. The summed E-state index contributed by atoms with van der Waals surface area (Å²) in [6, 6.07) is 4.68. The maximum absolute atomic E-state index is 12.0. The molecule has 1 aliphatic heterocycles. The van der Waals surface area contributed by atoms with Crippen LogP contribution in [0.1, 0.15) is 32.1 Å². The third-order valence-corrected chi connectivity index (χ3v) is 5.89. The number of anilines is 1. The zero-order valence-electron chi connectivity index (χ0n) is 15.0. The van der Waals surface area contributed by atoms with Crippen LogP contribution in [0.3, 0.4) is 0 Å². The molecule has 0 spiro atoms. The van der Waals surface area contributed by atoms with E-state index in [9.17, 15) is 4.79 Å². The van der Waals surface area contributed by atoms with E-state index in [1.54, 1.807) is 11.3 Å². The zero-order chi connectivity index (χ0) is 17.5. The minimum Gasteiger partial charge on any atom is -0.360 e. The summed E-state index contributed by atoms with van der Waals surface area (Å²) in [4.78, 5) is 21.1. The van der Waals surface area contributed by atoms with Crippen LogP contribution in [-0.2, 0) is 4.79 Å². The van der Waals surface area contributed by atoms with Gasteiger partial charge >= 0.3 is 0 Å². The average molecular weight is 364 g/mol. The van der Waals surface area contributed by atoms with Crippen LogP contribution in [0.15, 0.2) is 22.5 Å². The van der Waals surface area contributed by atoms with Crippen LogP contribution in [0.5, 0.6) is 0 Å². The van der Waals surface area contributed by atoms with Crippen molar-refractivity contribution in [2.75, 3.05) is 44.7 Å². The van der Waals surface area contributed by atoms with Crippen molar-refractivity contribution in [2.45, 2.75) is 38.1 Å². The summed E-state index contributed by atoms with van der Waals surface area (Å²) >= 11 is 1.79. The average Bonchev–Trinajstić information content (AvgIpc) is 3.33. The van der Waals surface area contributed by atoms with Gasteiger partial charge in [-0.15, -0.1) is 11.3 Å². The van der Waals surface area contributed by atoms with E-state index in [0.29, 0.717) is 19.0 Å². The number of guanidine groups is 1. The van der Waals surface area contributed by atoms with Gasteiger partial charge in [-0.2, -0.15) is 0 Å². The molecule has 1 aromatic heterocycles. The molecular weight excluding hydrogens is 334 g/mol. The summed E-state index contributed by atoms with van der Waals surface area (Å²) < 4.78 is 0. The third kappa shape index (κ3) is 5.11. The van der Waals surface area contributed by atoms with Gasteiger partial charge in [-0.1, -0.05) is 12.8 Å². The maximum Gasteiger partial charge on any atom is 0.221 e. The lowest BCUT2D eigenvalue weighted by Crippen LogP contribution is -2.52. The Kier molecular flexibility index (Phi) is 6.55. The number of piperazine rings is 1. The summed E-state index contributed by atoms with van der Waals surface area (Å²) in [5, 5.41) is 9.94. The summed E-state index contributed by atoms with van der Waals surface area (Å²) in [6.45, 7) is 4.54. The first kappa shape index (κ1) is 18.0. The molecule has 2 N–H and O–H groups in total.